The monoisotopic (exact) mass is 303 g/mol. The molecule has 4 nitrogen and oxygen atoms in total. The van der Waals surface area contributed by atoms with Gasteiger partial charge in [-0.15, -0.1) is 0 Å². The number of hydrogen-bond donors (Lipinski definition) is 2. The van der Waals surface area contributed by atoms with Gasteiger partial charge in [-0.05, 0) is 57.8 Å². The Balaban J connectivity index is 1.54. The first kappa shape index (κ1) is 15.8. The SMILES string of the molecule is CN1CCC[C@H](c2cccc(NCCC3(O)CCCC3)n2)C1. The summed E-state index contributed by atoms with van der Waals surface area (Å²) in [7, 11) is 2.19. The van der Waals surface area contributed by atoms with Crippen molar-refractivity contribution >= 4 is 5.82 Å². The molecular weight excluding hydrogens is 274 g/mol. The van der Waals surface area contributed by atoms with Gasteiger partial charge in [0.1, 0.15) is 5.82 Å². The van der Waals surface area contributed by atoms with Crippen molar-refractivity contribution in [2.45, 2.75) is 56.5 Å². The van der Waals surface area contributed by atoms with Crippen LogP contribution in [-0.4, -0.2) is 47.3 Å². The number of nitrogens with zero attached hydrogens (tertiary/aromatic N) is 2. The fourth-order valence-corrected chi connectivity index (χ4v) is 3.89. The topological polar surface area (TPSA) is 48.4 Å². The van der Waals surface area contributed by atoms with Crippen molar-refractivity contribution in [3.63, 3.8) is 0 Å². The number of hydrogen-bond acceptors (Lipinski definition) is 4. The lowest BCUT2D eigenvalue weighted by molar-refractivity contribution is 0.0424. The number of piperidine rings is 1. The molecule has 1 atom stereocenters. The third-order valence-corrected chi connectivity index (χ3v) is 5.24. The van der Waals surface area contributed by atoms with E-state index in [-0.39, 0.29) is 0 Å². The van der Waals surface area contributed by atoms with Gasteiger partial charge in [0.15, 0.2) is 0 Å². The van der Waals surface area contributed by atoms with E-state index in [1.54, 1.807) is 0 Å². The van der Waals surface area contributed by atoms with Crippen LogP contribution in [0, 0.1) is 0 Å². The molecule has 1 aromatic rings. The molecule has 2 N–H and O–H groups in total. The number of pyridine rings is 1. The van der Waals surface area contributed by atoms with E-state index in [1.807, 2.05) is 6.07 Å². The van der Waals surface area contributed by atoms with E-state index in [1.165, 1.54) is 37.9 Å². The lowest BCUT2D eigenvalue weighted by Crippen LogP contribution is -2.31. The Kier molecular flexibility index (Phi) is 4.99. The molecule has 1 saturated heterocycles. The molecule has 0 bridgehead atoms. The average molecular weight is 303 g/mol. The van der Waals surface area contributed by atoms with Crippen molar-refractivity contribution in [1.82, 2.24) is 9.88 Å². The van der Waals surface area contributed by atoms with Crippen LogP contribution in [0.3, 0.4) is 0 Å². The summed E-state index contributed by atoms with van der Waals surface area (Å²) in [6.07, 6.45) is 7.56. The van der Waals surface area contributed by atoms with E-state index >= 15 is 0 Å². The molecule has 1 saturated carbocycles. The second-order valence-electron chi connectivity index (χ2n) is 7.16. The highest BCUT2D eigenvalue weighted by Crippen LogP contribution is 2.32. The Morgan fingerprint density at radius 1 is 1.32 bits per heavy atom. The van der Waals surface area contributed by atoms with Crippen molar-refractivity contribution in [2.24, 2.45) is 0 Å². The minimum atomic E-state index is -0.434. The van der Waals surface area contributed by atoms with E-state index in [9.17, 15) is 5.11 Å². The van der Waals surface area contributed by atoms with Gasteiger partial charge in [-0.25, -0.2) is 4.98 Å². The predicted octanol–water partition coefficient (Wildman–Crippen LogP) is 3.00. The quantitative estimate of drug-likeness (QED) is 0.878. The summed E-state index contributed by atoms with van der Waals surface area (Å²) in [4.78, 5) is 7.19. The number of aliphatic hydroxyl groups is 1. The molecule has 0 radical (unpaired) electrons. The van der Waals surface area contributed by atoms with E-state index in [2.05, 4.69) is 29.4 Å². The van der Waals surface area contributed by atoms with Gasteiger partial charge in [-0.2, -0.15) is 0 Å². The average Bonchev–Trinajstić information content (AvgIpc) is 2.94. The number of likely N-dealkylation sites (N-methyl/N-ethyl adjacent to an activating group) is 1. The first-order chi connectivity index (χ1) is 10.6. The Bertz CT molecular complexity index is 485. The number of likely N-dealkylation sites (tertiary alicyclic amines) is 1. The molecule has 2 fully saturated rings. The highest BCUT2D eigenvalue weighted by Gasteiger charge is 2.30. The van der Waals surface area contributed by atoms with Crippen molar-refractivity contribution in [1.29, 1.82) is 0 Å². The van der Waals surface area contributed by atoms with Crippen LogP contribution < -0.4 is 5.32 Å². The first-order valence-electron chi connectivity index (χ1n) is 8.76. The molecule has 1 aliphatic heterocycles. The maximum atomic E-state index is 10.4. The highest BCUT2D eigenvalue weighted by atomic mass is 16.3. The maximum Gasteiger partial charge on any atom is 0.126 e. The van der Waals surface area contributed by atoms with Crippen LogP contribution >= 0.6 is 0 Å². The largest absolute Gasteiger partial charge is 0.390 e. The zero-order chi connectivity index (χ0) is 15.4. The first-order valence-corrected chi connectivity index (χ1v) is 8.76. The molecule has 0 aromatic carbocycles. The van der Waals surface area contributed by atoms with Crippen LogP contribution in [0.25, 0.3) is 0 Å². The van der Waals surface area contributed by atoms with Gasteiger partial charge in [0.2, 0.25) is 0 Å². The molecule has 22 heavy (non-hydrogen) atoms. The predicted molar refractivity (Wildman–Crippen MR) is 90.2 cm³/mol. The normalized spacial score (nSPS) is 25.3. The summed E-state index contributed by atoms with van der Waals surface area (Å²) >= 11 is 0. The summed E-state index contributed by atoms with van der Waals surface area (Å²) in [6, 6.07) is 6.29. The smallest absolute Gasteiger partial charge is 0.126 e. The van der Waals surface area contributed by atoms with Crippen LogP contribution in [0.2, 0.25) is 0 Å². The second kappa shape index (κ2) is 6.97. The molecule has 0 spiro atoms. The van der Waals surface area contributed by atoms with Crippen molar-refractivity contribution in [3.05, 3.63) is 23.9 Å². The fourth-order valence-electron chi connectivity index (χ4n) is 3.89. The fraction of sp³-hybridized carbons (Fsp3) is 0.722. The maximum absolute atomic E-state index is 10.4. The van der Waals surface area contributed by atoms with E-state index in [4.69, 9.17) is 4.98 Å². The standard InChI is InChI=1S/C18H29N3O/c1-21-13-5-6-15(14-21)16-7-4-8-17(20-16)19-12-11-18(22)9-2-3-10-18/h4,7-8,15,22H,2-3,5-6,9-14H2,1H3,(H,19,20)/t15-/m0/s1. The van der Waals surface area contributed by atoms with Gasteiger partial charge in [0, 0.05) is 24.7 Å². The number of anilines is 1. The Morgan fingerprint density at radius 3 is 2.91 bits per heavy atom. The molecule has 2 aliphatic rings. The molecule has 1 aliphatic carbocycles. The summed E-state index contributed by atoms with van der Waals surface area (Å²) in [5.74, 6) is 1.51. The molecule has 4 heteroatoms. The number of aromatic nitrogens is 1. The molecule has 3 rings (SSSR count). The lowest BCUT2D eigenvalue weighted by atomic mass is 9.94. The van der Waals surface area contributed by atoms with E-state index in [0.29, 0.717) is 5.92 Å². The van der Waals surface area contributed by atoms with E-state index < -0.39 is 5.60 Å². The summed E-state index contributed by atoms with van der Waals surface area (Å²) in [5, 5.41) is 13.8. The molecule has 2 heterocycles. The van der Waals surface area contributed by atoms with Gasteiger partial charge >= 0.3 is 0 Å². The molecule has 122 valence electrons. The van der Waals surface area contributed by atoms with Crippen molar-refractivity contribution in [3.8, 4) is 0 Å². The van der Waals surface area contributed by atoms with Crippen molar-refractivity contribution in [2.75, 3.05) is 32.0 Å². The van der Waals surface area contributed by atoms with Gasteiger partial charge in [0.05, 0.1) is 5.60 Å². The van der Waals surface area contributed by atoms with Crippen LogP contribution in [0.5, 0.6) is 0 Å². The third kappa shape index (κ3) is 3.99. The van der Waals surface area contributed by atoms with Gasteiger partial charge in [0.25, 0.3) is 0 Å². The summed E-state index contributed by atoms with van der Waals surface area (Å²) in [5.41, 5.74) is 0.771. The zero-order valence-electron chi connectivity index (χ0n) is 13.7. The highest BCUT2D eigenvalue weighted by molar-refractivity contribution is 5.36. The number of rotatable bonds is 5. The zero-order valence-corrected chi connectivity index (χ0v) is 13.7. The van der Waals surface area contributed by atoms with Crippen molar-refractivity contribution < 1.29 is 5.11 Å². The van der Waals surface area contributed by atoms with Crippen LogP contribution in [0.15, 0.2) is 18.2 Å². The lowest BCUT2D eigenvalue weighted by Gasteiger charge is -2.29. The number of nitrogens with one attached hydrogen (secondary N) is 1. The van der Waals surface area contributed by atoms with Gasteiger partial charge < -0.3 is 15.3 Å². The summed E-state index contributed by atoms with van der Waals surface area (Å²) in [6.45, 7) is 3.11. The molecule has 0 unspecified atom stereocenters. The Labute approximate surface area is 133 Å². The van der Waals surface area contributed by atoms with Crippen LogP contribution in [0.4, 0.5) is 5.82 Å². The van der Waals surface area contributed by atoms with Gasteiger partial charge in [-0.3, -0.25) is 0 Å². The third-order valence-electron chi connectivity index (χ3n) is 5.24. The Morgan fingerprint density at radius 2 is 2.14 bits per heavy atom. The second-order valence-corrected chi connectivity index (χ2v) is 7.16. The molecular formula is C18H29N3O. The van der Waals surface area contributed by atoms with Gasteiger partial charge in [-0.1, -0.05) is 18.9 Å². The molecule has 1 aromatic heterocycles. The van der Waals surface area contributed by atoms with Crippen LogP contribution in [0.1, 0.15) is 56.6 Å². The Hall–Kier alpha value is -1.13. The minimum absolute atomic E-state index is 0.434. The van der Waals surface area contributed by atoms with Crippen LogP contribution in [-0.2, 0) is 0 Å². The summed E-state index contributed by atoms with van der Waals surface area (Å²) < 4.78 is 0. The molecule has 0 amide bonds. The van der Waals surface area contributed by atoms with E-state index in [0.717, 1.165) is 38.2 Å². The minimum Gasteiger partial charge on any atom is -0.390 e.